The number of oxime groups is 1. The van der Waals surface area contributed by atoms with Gasteiger partial charge in [-0.2, -0.15) is 0 Å². The summed E-state index contributed by atoms with van der Waals surface area (Å²) < 4.78 is 24.1. The maximum Gasteiger partial charge on any atom is 0.231 e. The lowest BCUT2D eigenvalue weighted by molar-refractivity contribution is -0.137. The first kappa shape index (κ1) is 19.8. The fraction of sp³-hybridized carbons (Fsp3) is 0.417. The smallest absolute Gasteiger partial charge is 0.231 e. The molecule has 1 amide bonds. The molecule has 0 unspecified atom stereocenters. The molecule has 0 N–H and O–H groups in total. The summed E-state index contributed by atoms with van der Waals surface area (Å²) in [6.45, 7) is 1.12. The van der Waals surface area contributed by atoms with E-state index in [9.17, 15) is 9.18 Å². The summed E-state index contributed by atoms with van der Waals surface area (Å²) in [6.07, 6.45) is 4.45. The third-order valence-electron chi connectivity index (χ3n) is 6.17. The number of carbonyl (C=O) groups is 1. The van der Waals surface area contributed by atoms with Crippen LogP contribution < -0.4 is 9.47 Å². The van der Waals surface area contributed by atoms with E-state index >= 15 is 0 Å². The molecule has 3 aliphatic rings. The highest BCUT2D eigenvalue weighted by Crippen LogP contribution is 2.34. The molecule has 2 aromatic rings. The van der Waals surface area contributed by atoms with Crippen LogP contribution >= 0.6 is 0 Å². The number of ether oxygens (including phenoxy) is 2. The molecule has 31 heavy (non-hydrogen) atoms. The van der Waals surface area contributed by atoms with Crippen LogP contribution in [0.3, 0.4) is 0 Å². The molecule has 0 radical (unpaired) electrons. The van der Waals surface area contributed by atoms with E-state index in [0.29, 0.717) is 25.3 Å². The lowest BCUT2D eigenvalue weighted by Crippen LogP contribution is -2.40. The Labute approximate surface area is 180 Å². The molecule has 7 heteroatoms. The predicted octanol–water partition coefficient (Wildman–Crippen LogP) is 4.27. The predicted molar refractivity (Wildman–Crippen MR) is 112 cm³/mol. The lowest BCUT2D eigenvalue weighted by Gasteiger charge is -2.27. The van der Waals surface area contributed by atoms with E-state index in [1.54, 1.807) is 12.1 Å². The van der Waals surface area contributed by atoms with Crippen LogP contribution in [0.5, 0.6) is 11.5 Å². The van der Waals surface area contributed by atoms with Crippen LogP contribution in [0.15, 0.2) is 47.6 Å². The van der Waals surface area contributed by atoms with Gasteiger partial charge < -0.3 is 19.2 Å². The highest BCUT2D eigenvalue weighted by molar-refractivity contribution is 6.01. The number of benzene rings is 2. The van der Waals surface area contributed by atoms with Crippen molar-refractivity contribution in [3.05, 3.63) is 59.4 Å². The number of carbonyl (C=O) groups excluding carboxylic acids is 1. The minimum Gasteiger partial charge on any atom is -0.454 e. The molecular formula is C24H25FN2O4. The number of nitrogens with zero attached hydrogens (tertiary/aromatic N) is 2. The lowest BCUT2D eigenvalue weighted by atomic mass is 10.0. The standard InChI is InChI=1S/C24H25FN2O4/c25-19-8-5-16(6-9-19)13-27(24(28)17-3-1-2-4-17)14-20-12-21(26-31-20)18-7-10-22-23(11-18)30-15-29-22/h5-11,17,20H,1-4,12-15H2/t20-/m1/s1. The first-order valence-corrected chi connectivity index (χ1v) is 10.8. The van der Waals surface area contributed by atoms with Gasteiger partial charge in [0.15, 0.2) is 17.6 Å². The monoisotopic (exact) mass is 424 g/mol. The van der Waals surface area contributed by atoms with E-state index in [1.807, 2.05) is 23.1 Å². The molecule has 0 spiro atoms. The van der Waals surface area contributed by atoms with E-state index in [-0.39, 0.29) is 30.5 Å². The average molecular weight is 424 g/mol. The van der Waals surface area contributed by atoms with Crippen LogP contribution in [0.4, 0.5) is 4.39 Å². The number of halogens is 1. The molecule has 6 nitrogen and oxygen atoms in total. The van der Waals surface area contributed by atoms with Crippen molar-refractivity contribution in [1.29, 1.82) is 0 Å². The van der Waals surface area contributed by atoms with Crippen molar-refractivity contribution in [3.8, 4) is 11.5 Å². The Kier molecular flexibility index (Phi) is 5.49. The van der Waals surface area contributed by atoms with Crippen molar-refractivity contribution >= 4 is 11.6 Å². The molecule has 2 aliphatic heterocycles. The number of hydrogen-bond acceptors (Lipinski definition) is 5. The van der Waals surface area contributed by atoms with Crippen LogP contribution in [-0.2, 0) is 16.2 Å². The van der Waals surface area contributed by atoms with Crippen molar-refractivity contribution < 1.29 is 23.5 Å². The van der Waals surface area contributed by atoms with Gasteiger partial charge in [0.1, 0.15) is 5.82 Å². The fourth-order valence-electron chi connectivity index (χ4n) is 4.49. The van der Waals surface area contributed by atoms with E-state index in [1.165, 1.54) is 12.1 Å². The molecule has 2 heterocycles. The van der Waals surface area contributed by atoms with Crippen LogP contribution in [0.2, 0.25) is 0 Å². The molecule has 0 aromatic heterocycles. The summed E-state index contributed by atoms with van der Waals surface area (Å²) in [6, 6.07) is 12.0. The number of rotatable bonds is 6. The number of hydrogen-bond donors (Lipinski definition) is 0. The Bertz CT molecular complexity index is 986. The Balaban J connectivity index is 1.27. The summed E-state index contributed by atoms with van der Waals surface area (Å²) >= 11 is 0. The fourth-order valence-corrected chi connectivity index (χ4v) is 4.49. The van der Waals surface area contributed by atoms with Crippen LogP contribution in [-0.4, -0.2) is 36.0 Å². The summed E-state index contributed by atoms with van der Waals surface area (Å²) in [5, 5.41) is 4.27. The molecule has 1 atom stereocenters. The molecule has 2 aromatic carbocycles. The molecule has 0 saturated heterocycles. The third-order valence-corrected chi connectivity index (χ3v) is 6.17. The number of amides is 1. The summed E-state index contributed by atoms with van der Waals surface area (Å²) in [5.74, 6) is 1.38. The van der Waals surface area contributed by atoms with Gasteiger partial charge in [-0.05, 0) is 48.7 Å². The molecular weight excluding hydrogens is 399 g/mol. The third kappa shape index (κ3) is 4.36. The highest BCUT2D eigenvalue weighted by Gasteiger charge is 2.32. The normalized spacial score (nSPS) is 19.9. The molecule has 1 fully saturated rings. The van der Waals surface area contributed by atoms with Gasteiger partial charge in [0.2, 0.25) is 12.7 Å². The SMILES string of the molecule is O=C(C1CCCC1)N(Cc1ccc(F)cc1)C[C@H]1CC(c2ccc3c(c2)OCO3)=NO1. The number of fused-ring (bicyclic) bond motifs is 1. The van der Waals surface area contributed by atoms with Crippen molar-refractivity contribution in [3.63, 3.8) is 0 Å². The molecule has 1 aliphatic carbocycles. The van der Waals surface area contributed by atoms with Crippen LogP contribution in [0.25, 0.3) is 0 Å². The zero-order valence-corrected chi connectivity index (χ0v) is 17.3. The zero-order chi connectivity index (χ0) is 21.2. The summed E-state index contributed by atoms with van der Waals surface area (Å²) in [7, 11) is 0. The summed E-state index contributed by atoms with van der Waals surface area (Å²) in [5.41, 5.74) is 2.67. The van der Waals surface area contributed by atoms with Crippen molar-refractivity contribution in [2.24, 2.45) is 11.1 Å². The van der Waals surface area contributed by atoms with Gasteiger partial charge in [-0.25, -0.2) is 4.39 Å². The van der Waals surface area contributed by atoms with Gasteiger partial charge in [0, 0.05) is 24.4 Å². The van der Waals surface area contributed by atoms with Gasteiger partial charge in [-0.1, -0.05) is 30.1 Å². The second kappa shape index (κ2) is 8.57. The van der Waals surface area contributed by atoms with Crippen molar-refractivity contribution in [2.45, 2.75) is 44.8 Å². The van der Waals surface area contributed by atoms with Crippen LogP contribution in [0.1, 0.15) is 43.2 Å². The Morgan fingerprint density at radius 2 is 1.84 bits per heavy atom. The van der Waals surface area contributed by atoms with E-state index in [4.69, 9.17) is 14.3 Å². The Hall–Kier alpha value is -3.09. The topological polar surface area (TPSA) is 60.4 Å². The molecule has 1 saturated carbocycles. The average Bonchev–Trinajstić information content (AvgIpc) is 3.55. The van der Waals surface area contributed by atoms with Gasteiger partial charge in [0.25, 0.3) is 0 Å². The zero-order valence-electron chi connectivity index (χ0n) is 17.3. The van der Waals surface area contributed by atoms with Gasteiger partial charge in [-0.3, -0.25) is 4.79 Å². The maximum absolute atomic E-state index is 13.3. The second-order valence-corrected chi connectivity index (χ2v) is 8.36. The Morgan fingerprint density at radius 3 is 2.65 bits per heavy atom. The van der Waals surface area contributed by atoms with Crippen molar-refractivity contribution in [1.82, 2.24) is 4.90 Å². The Morgan fingerprint density at radius 1 is 1.06 bits per heavy atom. The largest absolute Gasteiger partial charge is 0.454 e. The van der Waals surface area contributed by atoms with E-state index in [0.717, 1.165) is 48.3 Å². The maximum atomic E-state index is 13.3. The van der Waals surface area contributed by atoms with E-state index in [2.05, 4.69) is 5.16 Å². The van der Waals surface area contributed by atoms with Crippen LogP contribution in [0, 0.1) is 11.7 Å². The highest BCUT2D eigenvalue weighted by atomic mass is 19.1. The minimum atomic E-state index is -0.279. The minimum absolute atomic E-state index is 0.0658. The summed E-state index contributed by atoms with van der Waals surface area (Å²) in [4.78, 5) is 20.8. The van der Waals surface area contributed by atoms with Crippen molar-refractivity contribution in [2.75, 3.05) is 13.3 Å². The van der Waals surface area contributed by atoms with Gasteiger partial charge in [-0.15, -0.1) is 0 Å². The second-order valence-electron chi connectivity index (χ2n) is 8.36. The quantitative estimate of drug-likeness (QED) is 0.695. The first-order chi connectivity index (χ1) is 15.2. The first-order valence-electron chi connectivity index (χ1n) is 10.8. The van der Waals surface area contributed by atoms with Gasteiger partial charge in [0.05, 0.1) is 12.3 Å². The molecule has 162 valence electrons. The molecule has 0 bridgehead atoms. The van der Waals surface area contributed by atoms with E-state index < -0.39 is 0 Å². The van der Waals surface area contributed by atoms with Gasteiger partial charge >= 0.3 is 0 Å². The molecule has 5 rings (SSSR count).